The van der Waals surface area contributed by atoms with Crippen LogP contribution in [0.4, 0.5) is 8.78 Å². The Labute approximate surface area is 241 Å². The molecule has 1 atom stereocenters. The van der Waals surface area contributed by atoms with Gasteiger partial charge in [0.05, 0.1) is 41.4 Å². The first-order valence-electron chi connectivity index (χ1n) is 13.3. The number of alkyl halides is 2. The minimum atomic E-state index is -3.46. The van der Waals surface area contributed by atoms with Gasteiger partial charge in [-0.05, 0) is 24.1 Å². The number of nitrogens with zero attached hydrogens (tertiary/aromatic N) is 6. The number of hydrogen-bond acceptors (Lipinski definition) is 7. The number of benzene rings is 1. The molecule has 11 nitrogen and oxygen atoms in total. The number of ether oxygens (including phenoxy) is 2. The van der Waals surface area contributed by atoms with Gasteiger partial charge in [-0.25, -0.2) is 22.8 Å². The molecule has 42 heavy (non-hydrogen) atoms. The lowest BCUT2D eigenvalue weighted by molar-refractivity contribution is -0.0527. The predicted molar refractivity (Wildman–Crippen MR) is 151 cm³/mol. The first-order chi connectivity index (χ1) is 20.1. The monoisotopic (exact) mass is 597 g/mol. The Balaban J connectivity index is 1.56. The third-order valence-corrected chi connectivity index (χ3v) is 7.73. The smallest absolute Gasteiger partial charge is 0.388 e. The summed E-state index contributed by atoms with van der Waals surface area (Å²) in [7, 11) is -1.83. The van der Waals surface area contributed by atoms with Crippen LogP contribution in [0.15, 0.2) is 54.9 Å². The van der Waals surface area contributed by atoms with E-state index in [2.05, 4.69) is 9.82 Å². The molecule has 0 unspecified atom stereocenters. The number of aromatic nitrogens is 6. The lowest BCUT2D eigenvalue weighted by Crippen LogP contribution is -2.44. The van der Waals surface area contributed by atoms with Crippen LogP contribution < -0.4 is 14.2 Å². The van der Waals surface area contributed by atoms with Crippen molar-refractivity contribution in [2.45, 2.75) is 39.1 Å². The maximum absolute atomic E-state index is 13.5. The van der Waals surface area contributed by atoms with Crippen LogP contribution in [0.25, 0.3) is 33.8 Å². The first-order valence-corrected chi connectivity index (χ1v) is 15.2. The summed E-state index contributed by atoms with van der Waals surface area (Å²) in [4.78, 5) is 5.09. The molecule has 0 fully saturated rings. The van der Waals surface area contributed by atoms with Gasteiger partial charge in [0.2, 0.25) is 21.8 Å². The van der Waals surface area contributed by atoms with Crippen molar-refractivity contribution in [2.75, 3.05) is 12.9 Å². The molecule has 6 rings (SSSR count). The van der Waals surface area contributed by atoms with Crippen LogP contribution in [-0.4, -0.2) is 63.0 Å². The lowest BCUT2D eigenvalue weighted by atomic mass is 9.98. The van der Waals surface area contributed by atoms with E-state index in [-0.39, 0.29) is 19.0 Å². The lowest BCUT2D eigenvalue weighted by Gasteiger charge is -2.24. The minimum Gasteiger partial charge on any atom is -0.476 e. The van der Waals surface area contributed by atoms with Crippen molar-refractivity contribution in [3.8, 4) is 45.5 Å². The van der Waals surface area contributed by atoms with E-state index in [9.17, 15) is 17.2 Å². The molecule has 0 radical (unpaired) electrons. The molecule has 0 aliphatic carbocycles. The normalized spacial score (nSPS) is 15.2. The highest BCUT2D eigenvalue weighted by atomic mass is 32.2. The molecular formula is C28H29F2N7O4S. The number of rotatable bonds is 9. The zero-order valence-corrected chi connectivity index (χ0v) is 24.0. The van der Waals surface area contributed by atoms with Gasteiger partial charge in [-0.2, -0.15) is 13.9 Å². The highest BCUT2D eigenvalue weighted by Crippen LogP contribution is 2.48. The van der Waals surface area contributed by atoms with Crippen molar-refractivity contribution in [1.29, 1.82) is 0 Å². The van der Waals surface area contributed by atoms with Gasteiger partial charge in [0, 0.05) is 37.1 Å². The highest BCUT2D eigenvalue weighted by Gasteiger charge is 2.34. The Hall–Kier alpha value is -4.30. The van der Waals surface area contributed by atoms with E-state index in [1.54, 1.807) is 17.9 Å². The van der Waals surface area contributed by atoms with Gasteiger partial charge in [0.1, 0.15) is 12.4 Å². The average molecular weight is 598 g/mol. The van der Waals surface area contributed by atoms with Crippen LogP contribution in [0.1, 0.15) is 18.2 Å². The summed E-state index contributed by atoms with van der Waals surface area (Å²) in [5, 5.41) is 8.90. The van der Waals surface area contributed by atoms with E-state index in [1.165, 1.54) is 4.68 Å². The molecule has 5 heterocycles. The van der Waals surface area contributed by atoms with Gasteiger partial charge >= 0.3 is 6.61 Å². The van der Waals surface area contributed by atoms with Crippen molar-refractivity contribution < 1.29 is 26.7 Å². The Morgan fingerprint density at radius 1 is 1.12 bits per heavy atom. The van der Waals surface area contributed by atoms with Gasteiger partial charge < -0.3 is 14.0 Å². The molecule has 3 aliphatic heterocycles. The van der Waals surface area contributed by atoms with Gasteiger partial charge in [-0.3, -0.25) is 4.68 Å². The number of sulfonamides is 1. The third kappa shape index (κ3) is 5.34. The van der Waals surface area contributed by atoms with Crippen LogP contribution in [0.2, 0.25) is 0 Å². The molecule has 0 saturated carbocycles. The summed E-state index contributed by atoms with van der Waals surface area (Å²) in [6, 6.07) is 13.2. The number of fused-ring (bicyclic) bond motifs is 2. The SMILES string of the molecule is CCc1nn2c(c1-c1nc3n(Cc4ccccc4)cccc-3c1-c1cn(C)nc1OC(F)F)OC[C@@H](NS(C)(=O)=O)C2. The maximum Gasteiger partial charge on any atom is 0.388 e. The second-order valence-corrected chi connectivity index (χ2v) is 11.9. The van der Waals surface area contributed by atoms with Crippen LogP contribution in [0, 0.1) is 0 Å². The van der Waals surface area contributed by atoms with E-state index in [1.807, 2.05) is 60.2 Å². The average Bonchev–Trinajstić information content (AvgIpc) is 3.60. The largest absolute Gasteiger partial charge is 0.476 e. The number of halogens is 2. The van der Waals surface area contributed by atoms with Gasteiger partial charge in [-0.1, -0.05) is 37.3 Å². The van der Waals surface area contributed by atoms with Gasteiger partial charge in [-0.15, -0.1) is 5.10 Å². The van der Waals surface area contributed by atoms with Crippen LogP contribution in [0.3, 0.4) is 0 Å². The third-order valence-electron chi connectivity index (χ3n) is 6.97. The standard InChI is InChI=1S/C28H29F2N7O4S/c1-4-21-23(27-37(32-21)14-18(16-40-27)34-42(3,38)39)24-22(20-15-35(2)33-26(20)41-28(29)30)19-11-8-12-36(25(19)31-24)13-17-9-6-5-7-10-17/h5-12,15,18,28,34H,4,13-14,16H2,1-3H3/t18-/m0/s1. The molecule has 3 aromatic rings. The summed E-state index contributed by atoms with van der Waals surface area (Å²) in [6.07, 6.45) is 5.16. The number of hydrogen-bond donors (Lipinski definition) is 1. The second kappa shape index (κ2) is 10.8. The number of nitrogens with one attached hydrogen (secondary N) is 1. The van der Waals surface area contributed by atoms with E-state index >= 15 is 0 Å². The van der Waals surface area contributed by atoms with Gasteiger partial charge in [0.15, 0.2) is 0 Å². The summed E-state index contributed by atoms with van der Waals surface area (Å²) in [5.41, 5.74) is 4.45. The summed E-state index contributed by atoms with van der Waals surface area (Å²) in [6.45, 7) is -0.255. The fourth-order valence-corrected chi connectivity index (χ4v) is 6.14. The Bertz CT molecular complexity index is 1810. The van der Waals surface area contributed by atoms with E-state index in [0.29, 0.717) is 58.3 Å². The Kier molecular flexibility index (Phi) is 7.19. The molecular weight excluding hydrogens is 568 g/mol. The van der Waals surface area contributed by atoms with Crippen molar-refractivity contribution in [3.63, 3.8) is 0 Å². The molecule has 3 aliphatic rings. The first kappa shape index (κ1) is 27.8. The number of pyridine rings is 1. The summed E-state index contributed by atoms with van der Waals surface area (Å²) in [5.74, 6) is 0.837. The molecule has 0 bridgehead atoms. The minimum absolute atomic E-state index is 0.0884. The van der Waals surface area contributed by atoms with Crippen molar-refractivity contribution in [1.82, 2.24) is 33.8 Å². The number of aryl methyl sites for hydroxylation is 2. The maximum atomic E-state index is 13.5. The Morgan fingerprint density at radius 2 is 1.90 bits per heavy atom. The molecule has 220 valence electrons. The van der Waals surface area contributed by atoms with E-state index in [4.69, 9.17) is 19.6 Å². The summed E-state index contributed by atoms with van der Waals surface area (Å²) < 4.78 is 69.2. The van der Waals surface area contributed by atoms with E-state index < -0.39 is 22.7 Å². The molecule has 0 amide bonds. The van der Waals surface area contributed by atoms with Gasteiger partial charge in [0.25, 0.3) is 0 Å². The second-order valence-electron chi connectivity index (χ2n) is 10.2. The van der Waals surface area contributed by atoms with Crippen molar-refractivity contribution >= 4 is 10.0 Å². The quantitative estimate of drug-likeness (QED) is 0.275. The molecule has 14 heteroatoms. The van der Waals surface area contributed by atoms with Crippen LogP contribution >= 0.6 is 0 Å². The molecule has 2 aromatic heterocycles. The predicted octanol–water partition coefficient (Wildman–Crippen LogP) is 3.77. The fourth-order valence-electron chi connectivity index (χ4n) is 5.39. The van der Waals surface area contributed by atoms with Crippen LogP contribution in [0.5, 0.6) is 11.8 Å². The zero-order valence-electron chi connectivity index (χ0n) is 23.2. The zero-order chi connectivity index (χ0) is 29.6. The molecule has 0 spiro atoms. The van der Waals surface area contributed by atoms with Crippen molar-refractivity contribution in [2.24, 2.45) is 7.05 Å². The molecule has 0 saturated heterocycles. The molecule has 1 aromatic carbocycles. The van der Waals surface area contributed by atoms with Crippen LogP contribution in [-0.2, 0) is 36.6 Å². The topological polar surface area (TPSA) is 118 Å². The Morgan fingerprint density at radius 3 is 2.62 bits per heavy atom. The molecule has 1 N–H and O–H groups in total. The van der Waals surface area contributed by atoms with E-state index in [0.717, 1.165) is 11.8 Å². The fraction of sp³-hybridized carbons (Fsp3) is 0.321. The van der Waals surface area contributed by atoms with Crippen molar-refractivity contribution in [3.05, 3.63) is 66.1 Å². The summed E-state index contributed by atoms with van der Waals surface area (Å²) >= 11 is 0. The highest BCUT2D eigenvalue weighted by molar-refractivity contribution is 7.88.